The molecule has 0 amide bonds. The number of nitrogens with two attached hydrogens (primary N) is 2. The molecule has 5 N–H and O–H groups in total. The van der Waals surface area contributed by atoms with E-state index in [1.54, 1.807) is 33.5 Å². The van der Waals surface area contributed by atoms with E-state index in [1.165, 1.54) is 25.2 Å². The molecule has 23 heteroatoms. The predicted octanol–water partition coefficient (Wildman–Crippen LogP) is 2.92. The fourth-order valence-corrected chi connectivity index (χ4v) is 9.34. The summed E-state index contributed by atoms with van der Waals surface area (Å²) in [6.07, 6.45) is -3.00. The second-order valence-electron chi connectivity index (χ2n) is 12.8. The molecule has 0 bridgehead atoms. The molecule has 0 aromatic carbocycles. The van der Waals surface area contributed by atoms with Crippen molar-refractivity contribution in [3.8, 4) is 0 Å². The largest absolute Gasteiger partial charge is 0.419 e. The van der Waals surface area contributed by atoms with Gasteiger partial charge in [0.25, 0.3) is 6.43 Å². The summed E-state index contributed by atoms with van der Waals surface area (Å²) in [5, 5.41) is 0. The second-order valence-corrected chi connectivity index (χ2v) is 16.6. The molecule has 2 aliphatic heterocycles. The molecule has 2 saturated heterocycles. The zero-order chi connectivity index (χ0) is 37.4. The quantitative estimate of drug-likeness (QED) is 0.139. The average molecular weight is 775 g/mol. The number of ether oxygens (including phenoxy) is 4. The summed E-state index contributed by atoms with van der Waals surface area (Å²) in [7, 11) is -9.89. The number of nitrogen functional groups attached to an aromatic ring is 2. The molecule has 0 radical (unpaired) electrons. The Morgan fingerprint density at radius 3 is 2.21 bits per heavy atom. The Morgan fingerprint density at radius 2 is 1.56 bits per heavy atom. The Kier molecular flexibility index (Phi) is 11.4. The molecule has 52 heavy (non-hydrogen) atoms. The lowest BCUT2D eigenvalue weighted by molar-refractivity contribution is -0.0786. The van der Waals surface area contributed by atoms with E-state index in [2.05, 4.69) is 24.9 Å². The van der Waals surface area contributed by atoms with E-state index in [4.69, 9.17) is 39.5 Å². The number of hydrogen-bond acceptors (Lipinski definition) is 16. The van der Waals surface area contributed by atoms with Crippen molar-refractivity contribution in [3.05, 3.63) is 31.2 Å². The van der Waals surface area contributed by atoms with Crippen LogP contribution in [0.1, 0.15) is 53.0 Å². The van der Waals surface area contributed by atoms with Gasteiger partial charge in [0, 0.05) is 19.0 Å². The van der Waals surface area contributed by atoms with Crippen molar-refractivity contribution in [1.82, 2.24) is 38.5 Å². The number of rotatable bonds is 16. The molecule has 0 aliphatic carbocycles. The molecule has 0 spiro atoms. The first kappa shape index (κ1) is 38.3. The predicted molar refractivity (Wildman–Crippen MR) is 181 cm³/mol. The summed E-state index contributed by atoms with van der Waals surface area (Å²) < 4.78 is 108. The number of halogens is 2. The molecule has 4 aromatic rings. The highest BCUT2D eigenvalue weighted by Gasteiger charge is 2.46. The van der Waals surface area contributed by atoms with Crippen molar-refractivity contribution in [1.29, 1.82) is 0 Å². The van der Waals surface area contributed by atoms with Gasteiger partial charge in [0.05, 0.1) is 49.9 Å². The lowest BCUT2D eigenvalue weighted by Crippen LogP contribution is -2.36. The van der Waals surface area contributed by atoms with Crippen molar-refractivity contribution in [3.63, 3.8) is 0 Å². The highest BCUT2D eigenvalue weighted by Crippen LogP contribution is 2.50. The van der Waals surface area contributed by atoms with Gasteiger partial charge >= 0.3 is 7.75 Å². The maximum Gasteiger partial charge on any atom is 0.419 e. The van der Waals surface area contributed by atoms with Crippen molar-refractivity contribution >= 4 is 51.6 Å². The summed E-state index contributed by atoms with van der Waals surface area (Å²) in [4.78, 5) is 21.1. The fourth-order valence-electron chi connectivity index (χ4n) is 5.98. The van der Waals surface area contributed by atoms with Crippen LogP contribution in [-0.2, 0) is 42.6 Å². The molecule has 19 nitrogen and oxygen atoms in total. The van der Waals surface area contributed by atoms with Gasteiger partial charge in [-0.2, -0.15) is 0 Å². The summed E-state index contributed by atoms with van der Waals surface area (Å²) >= 11 is 0. The van der Waals surface area contributed by atoms with Crippen molar-refractivity contribution in [2.75, 3.05) is 30.4 Å². The third kappa shape index (κ3) is 8.66. The first-order valence-electron chi connectivity index (χ1n) is 16.4. The van der Waals surface area contributed by atoms with Crippen LogP contribution in [0.4, 0.5) is 20.3 Å². The van der Waals surface area contributed by atoms with Gasteiger partial charge < -0.3 is 30.4 Å². The molecule has 286 valence electrons. The number of hydrogen-bond donors (Lipinski definition) is 3. The van der Waals surface area contributed by atoms with Gasteiger partial charge in [-0.25, -0.2) is 46.7 Å². The van der Waals surface area contributed by atoms with Crippen LogP contribution in [0.3, 0.4) is 0 Å². The normalized spacial score (nSPS) is 25.3. The lowest BCUT2D eigenvalue weighted by Gasteiger charge is -2.27. The van der Waals surface area contributed by atoms with Crippen molar-refractivity contribution in [2.45, 2.75) is 96.0 Å². The Labute approximate surface area is 297 Å². The second kappa shape index (κ2) is 15.5. The van der Waals surface area contributed by atoms with Crippen LogP contribution in [0.5, 0.6) is 0 Å². The van der Waals surface area contributed by atoms with Crippen LogP contribution in [0.15, 0.2) is 31.2 Å². The van der Waals surface area contributed by atoms with Gasteiger partial charge in [0.2, 0.25) is 10.0 Å². The lowest BCUT2D eigenvalue weighted by atomic mass is 10.2. The van der Waals surface area contributed by atoms with E-state index in [-0.39, 0.29) is 37.5 Å². The smallest absolute Gasteiger partial charge is 0.397 e. The summed E-state index contributed by atoms with van der Waals surface area (Å²) in [6, 6.07) is 1.61. The molecule has 2 aliphatic rings. The van der Waals surface area contributed by atoms with Gasteiger partial charge in [-0.15, -0.1) is 4.49 Å². The zero-order valence-electron chi connectivity index (χ0n) is 28.7. The van der Waals surface area contributed by atoms with Crippen LogP contribution in [0.25, 0.3) is 22.3 Å². The molecule has 4 aromatic heterocycles. The molecule has 2 fully saturated rings. The minimum atomic E-state index is -4.99. The van der Waals surface area contributed by atoms with Gasteiger partial charge in [0.1, 0.15) is 53.9 Å². The van der Waals surface area contributed by atoms with Crippen molar-refractivity contribution in [2.24, 2.45) is 0 Å². The number of imidazole rings is 2. The minimum absolute atomic E-state index is 0.0314. The van der Waals surface area contributed by atoms with E-state index in [0.717, 1.165) is 0 Å². The first-order chi connectivity index (χ1) is 24.6. The monoisotopic (exact) mass is 774 g/mol. The molecule has 3 unspecified atom stereocenters. The average Bonchev–Trinajstić information content (AvgIpc) is 3.83. The number of nitrogens with one attached hydrogen (secondary N) is 1. The standard InChI is InChI=1S/C29H41F2N10O9PS/c1-15(2)45-9-20-19(8-24(48-20)41-14-38-26-27(33)35-12-36-29(26)41)50-51(42,39-52(43,44)11-22(30)31)46-10-21-18(47-16(3)4)7-23(49-21)40-13-37-25-17(32)5-6-34-28(25)40/h5-6,12-16,18-24H,7-11H2,1-4H3,(H2,32,34)(H,39,42)(H2,33,35,36)/t18-,19-,20-,21-,23?,24?,51?/m1/s1. The zero-order valence-corrected chi connectivity index (χ0v) is 30.4. The highest BCUT2D eigenvalue weighted by molar-refractivity contribution is 7.94. The van der Waals surface area contributed by atoms with Gasteiger partial charge in [-0.1, -0.05) is 0 Å². The molecular formula is C29H41F2N10O9PS. The van der Waals surface area contributed by atoms with Crippen LogP contribution in [-0.4, -0.2) is 104 Å². The fraction of sp³-hybridized carbons (Fsp3) is 0.621. The SMILES string of the molecule is CC(C)OC[C@H]1OC(n2cnc3c(N)ncnc32)C[C@H]1OP(=O)(NS(=O)(=O)CC(F)F)OC[C@H]1OC(n2cnc3c(N)ccnc32)C[C@H]1OC(C)C. The Bertz CT molecular complexity index is 2020. The Morgan fingerprint density at radius 1 is 0.923 bits per heavy atom. The van der Waals surface area contributed by atoms with Crippen molar-refractivity contribution < 1.29 is 49.8 Å². The topological polar surface area (TPSA) is 245 Å². The molecule has 6 rings (SSSR count). The third-order valence-electron chi connectivity index (χ3n) is 8.18. The van der Waals surface area contributed by atoms with E-state index >= 15 is 0 Å². The molecular weight excluding hydrogens is 733 g/mol. The number of sulfonamides is 1. The number of fused-ring (bicyclic) bond motifs is 2. The number of pyridine rings is 1. The number of alkyl halides is 2. The third-order valence-corrected chi connectivity index (χ3v) is 11.9. The van der Waals surface area contributed by atoms with Gasteiger partial charge in [-0.05, 0) is 33.8 Å². The summed E-state index contributed by atoms with van der Waals surface area (Å²) in [5.74, 6) is -1.51. The maximum atomic E-state index is 14.4. The number of aromatic nitrogens is 7. The molecule has 0 saturated carbocycles. The van der Waals surface area contributed by atoms with Crippen LogP contribution in [0.2, 0.25) is 0 Å². The molecule has 6 heterocycles. The van der Waals surface area contributed by atoms with Crippen LogP contribution in [0, 0.1) is 0 Å². The number of anilines is 2. The minimum Gasteiger partial charge on any atom is -0.397 e. The summed E-state index contributed by atoms with van der Waals surface area (Å²) in [5.41, 5.74) is 14.0. The van der Waals surface area contributed by atoms with E-state index in [0.29, 0.717) is 28.0 Å². The van der Waals surface area contributed by atoms with Crippen LogP contribution >= 0.6 is 7.75 Å². The Balaban J connectivity index is 1.26. The van der Waals surface area contributed by atoms with E-state index < -0.39 is 73.4 Å². The molecule has 7 atom stereocenters. The maximum absolute atomic E-state index is 14.4. The van der Waals surface area contributed by atoms with E-state index in [9.17, 15) is 21.8 Å². The highest BCUT2D eigenvalue weighted by atomic mass is 32.2. The number of nitrogens with zero attached hydrogens (tertiary/aromatic N) is 7. The van der Waals surface area contributed by atoms with Crippen LogP contribution < -0.4 is 16.0 Å². The first-order valence-corrected chi connectivity index (χ1v) is 19.6. The van der Waals surface area contributed by atoms with E-state index in [1.807, 2.05) is 13.8 Å². The van der Waals surface area contributed by atoms with Gasteiger partial charge in [-0.3, -0.25) is 18.2 Å². The summed E-state index contributed by atoms with van der Waals surface area (Å²) in [6.45, 7) is 6.61. The van der Waals surface area contributed by atoms with Gasteiger partial charge in [0.15, 0.2) is 17.1 Å². The Hall–Kier alpha value is -3.47.